The lowest BCUT2D eigenvalue weighted by Gasteiger charge is -2.23. The van der Waals surface area contributed by atoms with E-state index >= 15 is 0 Å². The second-order valence-electron chi connectivity index (χ2n) is 4.13. The summed E-state index contributed by atoms with van der Waals surface area (Å²) in [6, 6.07) is 3.55. The summed E-state index contributed by atoms with van der Waals surface area (Å²) in [5, 5.41) is 0.707. The molecule has 0 radical (unpaired) electrons. The van der Waals surface area contributed by atoms with E-state index in [1.165, 1.54) is 0 Å². The lowest BCUT2D eigenvalue weighted by molar-refractivity contribution is 0.160. The molecule has 0 fully saturated rings. The van der Waals surface area contributed by atoms with E-state index in [0.717, 1.165) is 0 Å². The predicted molar refractivity (Wildman–Crippen MR) is 87.5 cm³/mol. The zero-order chi connectivity index (χ0) is 16.6. The standard InChI is InChI=1S/C15H26O6P/c1-7-19-22(20-8-2,21-9-3)15-11-13(17-5)12(16-4)10-14(15)18-6/h10-11H,7-9H2,1-6H3/q+1. The number of ether oxygens (including phenoxy) is 3. The van der Waals surface area contributed by atoms with Gasteiger partial charge in [-0.15, -0.1) is 0 Å². The highest BCUT2D eigenvalue weighted by molar-refractivity contribution is 7.69. The smallest absolute Gasteiger partial charge is 0.452 e. The van der Waals surface area contributed by atoms with Gasteiger partial charge >= 0.3 is 7.94 Å². The second kappa shape index (κ2) is 9.16. The van der Waals surface area contributed by atoms with Gasteiger partial charge in [0.15, 0.2) is 17.2 Å². The maximum Gasteiger partial charge on any atom is 0.452 e. The molecule has 1 aromatic rings. The maximum atomic E-state index is 5.90. The van der Waals surface area contributed by atoms with Crippen molar-refractivity contribution >= 4 is 13.2 Å². The summed E-state index contributed by atoms with van der Waals surface area (Å²) in [4.78, 5) is 0. The third kappa shape index (κ3) is 4.02. The molecule has 0 atom stereocenters. The molecule has 0 aliphatic carbocycles. The minimum absolute atomic E-state index is 0.464. The molecule has 1 aromatic carbocycles. The van der Waals surface area contributed by atoms with Gasteiger partial charge in [0.05, 0.1) is 41.2 Å². The first-order valence-electron chi connectivity index (χ1n) is 7.25. The summed E-state index contributed by atoms with van der Waals surface area (Å²) in [6.45, 7) is 7.10. The molecule has 0 saturated heterocycles. The van der Waals surface area contributed by atoms with Crippen molar-refractivity contribution in [3.8, 4) is 17.2 Å². The van der Waals surface area contributed by atoms with Gasteiger partial charge in [0.2, 0.25) is 5.30 Å². The van der Waals surface area contributed by atoms with E-state index in [-0.39, 0.29) is 0 Å². The van der Waals surface area contributed by atoms with Crippen LogP contribution >= 0.6 is 7.94 Å². The number of benzene rings is 1. The largest absolute Gasteiger partial charge is 0.493 e. The average molecular weight is 333 g/mol. The van der Waals surface area contributed by atoms with Crippen molar-refractivity contribution in [3.63, 3.8) is 0 Å². The Morgan fingerprint density at radius 3 is 1.45 bits per heavy atom. The minimum atomic E-state index is -2.73. The van der Waals surface area contributed by atoms with E-state index in [9.17, 15) is 0 Å². The molecule has 0 heterocycles. The van der Waals surface area contributed by atoms with Gasteiger partial charge in [-0.2, -0.15) is 13.6 Å². The summed E-state index contributed by atoms with van der Waals surface area (Å²) in [7, 11) is 2.01. The van der Waals surface area contributed by atoms with Gasteiger partial charge in [0.25, 0.3) is 0 Å². The van der Waals surface area contributed by atoms with Crippen molar-refractivity contribution in [2.45, 2.75) is 20.8 Å². The molecule has 0 bridgehead atoms. The molecule has 126 valence electrons. The van der Waals surface area contributed by atoms with Crippen LogP contribution in [-0.2, 0) is 13.6 Å². The summed E-state index contributed by atoms with van der Waals surface area (Å²) in [5.74, 6) is 1.73. The molecule has 0 N–H and O–H groups in total. The van der Waals surface area contributed by atoms with E-state index in [1.807, 2.05) is 20.8 Å². The van der Waals surface area contributed by atoms with Gasteiger partial charge in [-0.3, -0.25) is 0 Å². The molecule has 0 unspecified atom stereocenters. The predicted octanol–water partition coefficient (Wildman–Crippen LogP) is 3.21. The van der Waals surface area contributed by atoms with E-state index in [4.69, 9.17) is 27.8 Å². The second-order valence-corrected chi connectivity index (χ2v) is 6.38. The molecule has 6 nitrogen and oxygen atoms in total. The molecular weight excluding hydrogens is 307 g/mol. The first kappa shape index (κ1) is 19.0. The van der Waals surface area contributed by atoms with E-state index in [2.05, 4.69) is 0 Å². The Bertz CT molecular complexity index is 449. The van der Waals surface area contributed by atoms with Gasteiger partial charge in [-0.25, -0.2) is 0 Å². The molecular formula is C15H26O6P+. The SMILES string of the molecule is CCO[P+](OCC)(OCC)c1cc(OC)c(OC)cc1OC. The first-order chi connectivity index (χ1) is 10.6. The normalized spacial score (nSPS) is 11.4. The maximum absolute atomic E-state index is 5.90. The Hall–Kier alpha value is -1.07. The van der Waals surface area contributed by atoms with Crippen LogP contribution in [0.2, 0.25) is 0 Å². The van der Waals surface area contributed by atoms with Crippen molar-refractivity contribution in [3.05, 3.63) is 12.1 Å². The van der Waals surface area contributed by atoms with Crippen LogP contribution in [-0.4, -0.2) is 41.2 Å². The molecule has 0 aliphatic rings. The van der Waals surface area contributed by atoms with Crippen LogP contribution in [0.1, 0.15) is 20.8 Å². The van der Waals surface area contributed by atoms with Crippen molar-refractivity contribution in [1.29, 1.82) is 0 Å². The molecule has 0 saturated carbocycles. The Balaban J connectivity index is 3.50. The monoisotopic (exact) mass is 333 g/mol. The highest BCUT2D eigenvalue weighted by Gasteiger charge is 2.51. The fourth-order valence-electron chi connectivity index (χ4n) is 2.06. The zero-order valence-electron chi connectivity index (χ0n) is 14.2. The Morgan fingerprint density at radius 1 is 0.682 bits per heavy atom. The summed E-state index contributed by atoms with van der Waals surface area (Å²) < 4.78 is 33.9. The quantitative estimate of drug-likeness (QED) is 0.613. The van der Waals surface area contributed by atoms with Crippen molar-refractivity contribution in [2.75, 3.05) is 41.2 Å². The van der Waals surface area contributed by atoms with E-state index in [0.29, 0.717) is 42.4 Å². The Kier molecular flexibility index (Phi) is 7.90. The van der Waals surface area contributed by atoms with Crippen LogP contribution < -0.4 is 19.5 Å². The Morgan fingerprint density at radius 2 is 1.09 bits per heavy atom. The van der Waals surface area contributed by atoms with Gasteiger partial charge < -0.3 is 14.2 Å². The fourth-order valence-corrected chi connectivity index (χ4v) is 4.42. The molecule has 0 aliphatic heterocycles. The third-order valence-electron chi connectivity index (χ3n) is 2.88. The lowest BCUT2D eigenvalue weighted by Crippen LogP contribution is -2.22. The van der Waals surface area contributed by atoms with Crippen LogP contribution in [0.25, 0.3) is 0 Å². The Labute approximate surface area is 133 Å². The molecule has 22 heavy (non-hydrogen) atoms. The molecule has 1 rings (SSSR count). The third-order valence-corrected chi connectivity index (χ3v) is 5.61. The van der Waals surface area contributed by atoms with Crippen molar-refractivity contribution < 1.29 is 27.8 Å². The topological polar surface area (TPSA) is 55.4 Å². The summed E-state index contributed by atoms with van der Waals surface area (Å²) in [6.07, 6.45) is 0. The minimum Gasteiger partial charge on any atom is -0.493 e. The van der Waals surface area contributed by atoms with Crippen LogP contribution in [0.5, 0.6) is 17.2 Å². The molecule has 0 aromatic heterocycles. The van der Waals surface area contributed by atoms with Gasteiger partial charge in [-0.1, -0.05) is 0 Å². The number of rotatable bonds is 10. The highest BCUT2D eigenvalue weighted by atomic mass is 31.2. The van der Waals surface area contributed by atoms with Gasteiger partial charge in [0, 0.05) is 12.1 Å². The van der Waals surface area contributed by atoms with E-state index in [1.54, 1.807) is 33.5 Å². The van der Waals surface area contributed by atoms with Crippen molar-refractivity contribution in [1.82, 2.24) is 0 Å². The van der Waals surface area contributed by atoms with Gasteiger partial charge in [0.1, 0.15) is 0 Å². The summed E-state index contributed by atoms with van der Waals surface area (Å²) >= 11 is 0. The van der Waals surface area contributed by atoms with Crippen molar-refractivity contribution in [2.24, 2.45) is 0 Å². The fraction of sp³-hybridized carbons (Fsp3) is 0.600. The number of methoxy groups -OCH3 is 3. The van der Waals surface area contributed by atoms with Crippen LogP contribution in [0, 0.1) is 0 Å². The molecule has 0 amide bonds. The lowest BCUT2D eigenvalue weighted by atomic mass is 10.3. The van der Waals surface area contributed by atoms with Gasteiger partial charge in [-0.05, 0) is 20.8 Å². The zero-order valence-corrected chi connectivity index (χ0v) is 15.1. The first-order valence-corrected chi connectivity index (χ1v) is 8.79. The van der Waals surface area contributed by atoms with E-state index < -0.39 is 7.94 Å². The average Bonchev–Trinajstić information content (AvgIpc) is 2.54. The highest BCUT2D eigenvalue weighted by Crippen LogP contribution is 2.63. The number of hydrogen-bond acceptors (Lipinski definition) is 6. The number of hydrogen-bond donors (Lipinski definition) is 0. The molecule has 0 spiro atoms. The van der Waals surface area contributed by atoms with Crippen LogP contribution in [0.3, 0.4) is 0 Å². The van der Waals surface area contributed by atoms with Crippen LogP contribution in [0.15, 0.2) is 12.1 Å². The summed E-state index contributed by atoms with van der Waals surface area (Å²) in [5.41, 5.74) is 0. The molecule has 7 heteroatoms. The van der Waals surface area contributed by atoms with Crippen LogP contribution in [0.4, 0.5) is 0 Å².